The van der Waals surface area contributed by atoms with Crippen molar-refractivity contribution in [2.75, 3.05) is 13.2 Å². The van der Waals surface area contributed by atoms with E-state index in [4.69, 9.17) is 4.74 Å². The van der Waals surface area contributed by atoms with Crippen LogP contribution in [0.15, 0.2) is 24.3 Å². The molecule has 0 atom stereocenters. The topological polar surface area (TPSA) is 9.23 Å². The Balaban J connectivity index is 0.000000302. The Hall–Kier alpha value is -0.820. The number of hydrogen-bond donors (Lipinski definition) is 0. The minimum absolute atomic E-state index is 0.955. The lowest BCUT2D eigenvalue weighted by Crippen LogP contribution is -1.95. The van der Waals surface area contributed by atoms with Gasteiger partial charge in [-0.3, -0.25) is 0 Å². The van der Waals surface area contributed by atoms with E-state index in [1.807, 2.05) is 0 Å². The van der Waals surface area contributed by atoms with Crippen molar-refractivity contribution in [3.63, 3.8) is 0 Å². The van der Waals surface area contributed by atoms with E-state index in [9.17, 15) is 0 Å². The van der Waals surface area contributed by atoms with Crippen LogP contribution in [-0.4, -0.2) is 13.2 Å². The second-order valence-corrected chi connectivity index (χ2v) is 4.47. The SMILES string of the molecule is CCCCOCCCC.Cc1ccc(C)cc1. The molecule has 0 spiro atoms. The third-order valence-electron chi connectivity index (χ3n) is 2.50. The number of aryl methyl sites for hydroxylation is 2. The monoisotopic (exact) mass is 236 g/mol. The lowest BCUT2D eigenvalue weighted by Gasteiger charge is -1.99. The van der Waals surface area contributed by atoms with Gasteiger partial charge >= 0.3 is 0 Å². The summed E-state index contributed by atoms with van der Waals surface area (Å²) in [6.45, 7) is 10.5. The van der Waals surface area contributed by atoms with E-state index in [1.54, 1.807) is 0 Å². The molecule has 1 aromatic rings. The summed E-state index contributed by atoms with van der Waals surface area (Å²) in [5.41, 5.74) is 2.66. The van der Waals surface area contributed by atoms with E-state index in [0.29, 0.717) is 0 Å². The molecular formula is C16H28O. The van der Waals surface area contributed by atoms with Gasteiger partial charge < -0.3 is 4.74 Å². The Morgan fingerprint density at radius 2 is 1.12 bits per heavy atom. The molecule has 0 N–H and O–H groups in total. The largest absolute Gasteiger partial charge is 0.381 e. The summed E-state index contributed by atoms with van der Waals surface area (Å²) in [5, 5.41) is 0. The molecule has 1 heteroatoms. The Morgan fingerprint density at radius 3 is 1.41 bits per heavy atom. The molecule has 1 rings (SSSR count). The Labute approximate surface area is 107 Å². The van der Waals surface area contributed by atoms with Gasteiger partial charge in [0.25, 0.3) is 0 Å². The molecule has 0 amide bonds. The summed E-state index contributed by atoms with van der Waals surface area (Å²) in [6, 6.07) is 8.48. The predicted octanol–water partition coefficient (Wildman–Crippen LogP) is 4.91. The molecule has 1 aromatic carbocycles. The fourth-order valence-corrected chi connectivity index (χ4v) is 1.23. The minimum Gasteiger partial charge on any atom is -0.381 e. The Bertz CT molecular complexity index is 224. The maximum Gasteiger partial charge on any atom is 0.0465 e. The fraction of sp³-hybridized carbons (Fsp3) is 0.625. The van der Waals surface area contributed by atoms with Crippen molar-refractivity contribution in [1.29, 1.82) is 0 Å². The molecule has 0 aromatic heterocycles. The predicted molar refractivity (Wildman–Crippen MR) is 76.6 cm³/mol. The van der Waals surface area contributed by atoms with E-state index in [-0.39, 0.29) is 0 Å². The van der Waals surface area contributed by atoms with E-state index in [2.05, 4.69) is 52.0 Å². The van der Waals surface area contributed by atoms with E-state index in [1.165, 1.54) is 36.8 Å². The van der Waals surface area contributed by atoms with Gasteiger partial charge in [-0.05, 0) is 26.7 Å². The summed E-state index contributed by atoms with van der Waals surface area (Å²) in [6.07, 6.45) is 4.91. The molecule has 0 heterocycles. The number of rotatable bonds is 6. The maximum atomic E-state index is 5.31. The molecular weight excluding hydrogens is 208 g/mol. The van der Waals surface area contributed by atoms with Crippen molar-refractivity contribution in [3.05, 3.63) is 35.4 Å². The van der Waals surface area contributed by atoms with Crippen molar-refractivity contribution in [2.24, 2.45) is 0 Å². The molecule has 0 unspecified atom stereocenters. The normalized spacial score (nSPS) is 9.65. The van der Waals surface area contributed by atoms with Gasteiger partial charge in [-0.1, -0.05) is 62.1 Å². The molecule has 1 nitrogen and oxygen atoms in total. The van der Waals surface area contributed by atoms with E-state index >= 15 is 0 Å². The smallest absolute Gasteiger partial charge is 0.0465 e. The highest BCUT2D eigenvalue weighted by Crippen LogP contribution is 1.99. The van der Waals surface area contributed by atoms with Crippen LogP contribution in [0.25, 0.3) is 0 Å². The molecule has 0 saturated heterocycles. The average molecular weight is 236 g/mol. The summed E-state index contributed by atoms with van der Waals surface area (Å²) >= 11 is 0. The highest BCUT2D eigenvalue weighted by atomic mass is 16.5. The van der Waals surface area contributed by atoms with Crippen LogP contribution < -0.4 is 0 Å². The van der Waals surface area contributed by atoms with E-state index in [0.717, 1.165) is 13.2 Å². The molecule has 0 fully saturated rings. The van der Waals surface area contributed by atoms with Crippen LogP contribution in [0.4, 0.5) is 0 Å². The highest BCUT2D eigenvalue weighted by Gasteiger charge is 1.84. The van der Waals surface area contributed by atoms with Crippen molar-refractivity contribution in [3.8, 4) is 0 Å². The quantitative estimate of drug-likeness (QED) is 0.638. The molecule has 0 radical (unpaired) electrons. The van der Waals surface area contributed by atoms with Crippen molar-refractivity contribution >= 4 is 0 Å². The lowest BCUT2D eigenvalue weighted by molar-refractivity contribution is 0.128. The summed E-state index contributed by atoms with van der Waals surface area (Å²) in [5.74, 6) is 0. The first-order chi connectivity index (χ1) is 8.20. The lowest BCUT2D eigenvalue weighted by atomic mass is 10.2. The zero-order chi connectivity index (χ0) is 12.9. The first kappa shape index (κ1) is 16.2. The number of ether oxygens (including phenoxy) is 1. The van der Waals surface area contributed by atoms with Gasteiger partial charge in [0.15, 0.2) is 0 Å². The van der Waals surface area contributed by atoms with Crippen LogP contribution >= 0.6 is 0 Å². The summed E-state index contributed by atoms with van der Waals surface area (Å²) < 4.78 is 5.31. The Kier molecular flexibility index (Phi) is 11.1. The van der Waals surface area contributed by atoms with Crippen LogP contribution in [0, 0.1) is 13.8 Å². The highest BCUT2D eigenvalue weighted by molar-refractivity contribution is 5.19. The van der Waals surface area contributed by atoms with Gasteiger partial charge in [-0.2, -0.15) is 0 Å². The number of unbranched alkanes of at least 4 members (excludes halogenated alkanes) is 2. The summed E-state index contributed by atoms with van der Waals surface area (Å²) in [7, 11) is 0. The Morgan fingerprint density at radius 1 is 0.765 bits per heavy atom. The van der Waals surface area contributed by atoms with Crippen LogP contribution in [0.1, 0.15) is 50.7 Å². The van der Waals surface area contributed by atoms with Gasteiger partial charge in [-0.15, -0.1) is 0 Å². The molecule has 17 heavy (non-hydrogen) atoms. The molecule has 0 saturated carbocycles. The zero-order valence-electron chi connectivity index (χ0n) is 12.0. The van der Waals surface area contributed by atoms with Gasteiger partial charge in [0.05, 0.1) is 0 Å². The van der Waals surface area contributed by atoms with Crippen LogP contribution in [0.5, 0.6) is 0 Å². The second-order valence-electron chi connectivity index (χ2n) is 4.47. The summed E-state index contributed by atoms with van der Waals surface area (Å²) in [4.78, 5) is 0. The molecule has 0 aliphatic heterocycles. The van der Waals surface area contributed by atoms with Crippen LogP contribution in [-0.2, 0) is 4.74 Å². The van der Waals surface area contributed by atoms with Crippen molar-refractivity contribution < 1.29 is 4.74 Å². The van der Waals surface area contributed by atoms with E-state index < -0.39 is 0 Å². The fourth-order valence-electron chi connectivity index (χ4n) is 1.23. The van der Waals surface area contributed by atoms with Gasteiger partial charge in [0.2, 0.25) is 0 Å². The van der Waals surface area contributed by atoms with Crippen molar-refractivity contribution in [2.45, 2.75) is 53.4 Å². The average Bonchev–Trinajstić information content (AvgIpc) is 2.34. The minimum atomic E-state index is 0.955. The first-order valence-electron chi connectivity index (χ1n) is 6.81. The van der Waals surface area contributed by atoms with Crippen molar-refractivity contribution in [1.82, 2.24) is 0 Å². The molecule has 98 valence electrons. The van der Waals surface area contributed by atoms with Crippen LogP contribution in [0.2, 0.25) is 0 Å². The third-order valence-corrected chi connectivity index (χ3v) is 2.50. The second kappa shape index (κ2) is 11.7. The standard InChI is InChI=1S/C8H18O.C8H10/c1-3-5-7-9-8-6-4-2;1-7-3-5-8(2)6-4-7/h3-8H2,1-2H3;3-6H,1-2H3. The molecule has 0 aliphatic carbocycles. The van der Waals surface area contributed by atoms with Gasteiger partial charge in [0, 0.05) is 13.2 Å². The first-order valence-corrected chi connectivity index (χ1v) is 6.81. The third kappa shape index (κ3) is 11.4. The number of hydrogen-bond acceptors (Lipinski definition) is 1. The van der Waals surface area contributed by atoms with Crippen LogP contribution in [0.3, 0.4) is 0 Å². The molecule has 0 bridgehead atoms. The maximum absolute atomic E-state index is 5.31. The van der Waals surface area contributed by atoms with Gasteiger partial charge in [-0.25, -0.2) is 0 Å². The molecule has 0 aliphatic rings. The zero-order valence-corrected chi connectivity index (χ0v) is 12.0. The number of benzene rings is 1. The van der Waals surface area contributed by atoms with Gasteiger partial charge in [0.1, 0.15) is 0 Å².